The quantitative estimate of drug-likeness (QED) is 0.625. The first-order chi connectivity index (χ1) is 7.94. The number of benzene rings is 1. The molecule has 0 spiro atoms. The standard InChI is InChI=1S/C14H19NO2/c1-4-14(2,3)17-13(16)12(15)10-11-8-6-5-7-9-11/h4-9,12H,1,10,15H2,2-3H3/t12-/m0/s1. The molecule has 0 radical (unpaired) electrons. The first kappa shape index (κ1) is 13.5. The van der Waals surface area contributed by atoms with E-state index in [4.69, 9.17) is 10.5 Å². The highest BCUT2D eigenvalue weighted by Gasteiger charge is 2.23. The van der Waals surface area contributed by atoms with Gasteiger partial charge in [0.15, 0.2) is 0 Å². The van der Waals surface area contributed by atoms with Crippen LogP contribution in [0.3, 0.4) is 0 Å². The average molecular weight is 233 g/mol. The Morgan fingerprint density at radius 3 is 2.59 bits per heavy atom. The molecule has 1 aromatic carbocycles. The maximum absolute atomic E-state index is 11.7. The molecule has 3 nitrogen and oxygen atoms in total. The largest absolute Gasteiger partial charge is 0.454 e. The minimum absolute atomic E-state index is 0.404. The smallest absolute Gasteiger partial charge is 0.324 e. The van der Waals surface area contributed by atoms with Crippen LogP contribution in [0.2, 0.25) is 0 Å². The summed E-state index contributed by atoms with van der Waals surface area (Å²) in [5.74, 6) is -0.404. The lowest BCUT2D eigenvalue weighted by Crippen LogP contribution is -2.39. The number of esters is 1. The van der Waals surface area contributed by atoms with Gasteiger partial charge in [-0.05, 0) is 31.9 Å². The van der Waals surface area contributed by atoms with E-state index in [1.807, 2.05) is 30.3 Å². The Hall–Kier alpha value is -1.61. The lowest BCUT2D eigenvalue weighted by atomic mass is 10.1. The molecule has 3 heteroatoms. The molecule has 0 aliphatic heterocycles. The molecule has 0 fully saturated rings. The van der Waals surface area contributed by atoms with Gasteiger partial charge in [0, 0.05) is 0 Å². The Kier molecular flexibility index (Phi) is 4.46. The van der Waals surface area contributed by atoms with E-state index >= 15 is 0 Å². The van der Waals surface area contributed by atoms with Gasteiger partial charge in [-0.25, -0.2) is 0 Å². The SMILES string of the molecule is C=CC(C)(C)OC(=O)[C@@H](N)Cc1ccccc1. The number of nitrogens with two attached hydrogens (primary N) is 1. The van der Waals surface area contributed by atoms with Crippen LogP contribution in [0.4, 0.5) is 0 Å². The van der Waals surface area contributed by atoms with Gasteiger partial charge in [0.1, 0.15) is 11.6 Å². The van der Waals surface area contributed by atoms with Crippen LogP contribution in [0.15, 0.2) is 43.0 Å². The van der Waals surface area contributed by atoms with Crippen molar-refractivity contribution in [1.29, 1.82) is 0 Å². The minimum atomic E-state index is -0.675. The van der Waals surface area contributed by atoms with Crippen LogP contribution < -0.4 is 5.73 Å². The Morgan fingerprint density at radius 1 is 1.47 bits per heavy atom. The molecular formula is C14H19NO2. The third-order valence-electron chi connectivity index (χ3n) is 2.46. The maximum Gasteiger partial charge on any atom is 0.324 e. The molecule has 1 rings (SSSR count). The van der Waals surface area contributed by atoms with Gasteiger partial charge in [0.2, 0.25) is 0 Å². The molecule has 0 aliphatic rings. The van der Waals surface area contributed by atoms with Gasteiger partial charge < -0.3 is 10.5 Å². The summed E-state index contributed by atoms with van der Waals surface area (Å²) in [4.78, 5) is 11.7. The third kappa shape index (κ3) is 4.41. The fourth-order valence-electron chi connectivity index (χ4n) is 1.33. The van der Waals surface area contributed by atoms with Gasteiger partial charge >= 0.3 is 5.97 Å². The van der Waals surface area contributed by atoms with Gasteiger partial charge in [0.05, 0.1) is 0 Å². The second kappa shape index (κ2) is 5.64. The molecule has 0 heterocycles. The van der Waals surface area contributed by atoms with Crippen molar-refractivity contribution in [1.82, 2.24) is 0 Å². The Labute approximate surface area is 102 Å². The molecule has 0 aromatic heterocycles. The van der Waals surface area contributed by atoms with Crippen LogP contribution in [0, 0.1) is 0 Å². The van der Waals surface area contributed by atoms with Crippen molar-refractivity contribution in [2.45, 2.75) is 31.9 Å². The molecule has 0 aliphatic carbocycles. The van der Waals surface area contributed by atoms with E-state index in [0.717, 1.165) is 5.56 Å². The number of rotatable bonds is 5. The summed E-state index contributed by atoms with van der Waals surface area (Å²) in [5.41, 5.74) is 6.15. The Balaban J connectivity index is 2.56. The molecule has 17 heavy (non-hydrogen) atoms. The topological polar surface area (TPSA) is 52.3 Å². The van der Waals surface area contributed by atoms with Gasteiger partial charge in [-0.1, -0.05) is 36.9 Å². The van der Waals surface area contributed by atoms with Gasteiger partial charge in [-0.3, -0.25) is 4.79 Å². The van der Waals surface area contributed by atoms with Crippen LogP contribution >= 0.6 is 0 Å². The van der Waals surface area contributed by atoms with Crippen LogP contribution in [0.1, 0.15) is 19.4 Å². The number of ether oxygens (including phenoxy) is 1. The predicted molar refractivity (Wildman–Crippen MR) is 68.5 cm³/mol. The average Bonchev–Trinajstić information content (AvgIpc) is 2.30. The van der Waals surface area contributed by atoms with E-state index in [1.54, 1.807) is 19.9 Å². The number of carbonyl (C=O) groups excluding carboxylic acids is 1. The number of hydrogen-bond acceptors (Lipinski definition) is 3. The number of carbonyl (C=O) groups is 1. The van der Waals surface area contributed by atoms with Gasteiger partial charge in [-0.2, -0.15) is 0 Å². The van der Waals surface area contributed by atoms with Gasteiger partial charge in [0.25, 0.3) is 0 Å². The van der Waals surface area contributed by atoms with E-state index in [-0.39, 0.29) is 0 Å². The summed E-state index contributed by atoms with van der Waals surface area (Å²) < 4.78 is 5.24. The molecular weight excluding hydrogens is 214 g/mol. The molecule has 0 unspecified atom stereocenters. The first-order valence-corrected chi connectivity index (χ1v) is 5.60. The van der Waals surface area contributed by atoms with E-state index in [1.165, 1.54) is 0 Å². The number of hydrogen-bond donors (Lipinski definition) is 1. The summed E-state index contributed by atoms with van der Waals surface area (Å²) in [5, 5.41) is 0. The second-order valence-electron chi connectivity index (χ2n) is 4.52. The zero-order valence-electron chi connectivity index (χ0n) is 10.3. The summed E-state index contributed by atoms with van der Waals surface area (Å²) >= 11 is 0. The molecule has 92 valence electrons. The Bertz CT molecular complexity index is 384. The Morgan fingerprint density at radius 2 is 2.06 bits per heavy atom. The summed E-state index contributed by atoms with van der Waals surface area (Å²) in [6.07, 6.45) is 2.06. The zero-order chi connectivity index (χ0) is 12.9. The van der Waals surface area contributed by atoms with Gasteiger partial charge in [-0.15, -0.1) is 0 Å². The molecule has 0 bridgehead atoms. The van der Waals surface area contributed by atoms with Crippen LogP contribution in [-0.2, 0) is 16.0 Å². The van der Waals surface area contributed by atoms with Crippen molar-refractivity contribution in [3.05, 3.63) is 48.6 Å². The second-order valence-corrected chi connectivity index (χ2v) is 4.52. The summed E-state index contributed by atoms with van der Waals surface area (Å²) in [6.45, 7) is 7.15. The van der Waals surface area contributed by atoms with E-state index < -0.39 is 17.6 Å². The fourth-order valence-corrected chi connectivity index (χ4v) is 1.33. The van der Waals surface area contributed by atoms with Crippen molar-refractivity contribution >= 4 is 5.97 Å². The van der Waals surface area contributed by atoms with Crippen molar-refractivity contribution in [3.63, 3.8) is 0 Å². The highest BCUT2D eigenvalue weighted by atomic mass is 16.6. The zero-order valence-corrected chi connectivity index (χ0v) is 10.3. The van der Waals surface area contributed by atoms with Crippen molar-refractivity contribution in [2.24, 2.45) is 5.73 Å². The monoisotopic (exact) mass is 233 g/mol. The van der Waals surface area contributed by atoms with E-state index in [2.05, 4.69) is 6.58 Å². The van der Waals surface area contributed by atoms with Crippen molar-refractivity contribution < 1.29 is 9.53 Å². The molecule has 1 aromatic rings. The van der Waals surface area contributed by atoms with Crippen molar-refractivity contribution in [3.8, 4) is 0 Å². The summed E-state index contributed by atoms with van der Waals surface area (Å²) in [7, 11) is 0. The highest BCUT2D eigenvalue weighted by Crippen LogP contribution is 2.12. The lowest BCUT2D eigenvalue weighted by Gasteiger charge is -2.23. The molecule has 2 N–H and O–H groups in total. The van der Waals surface area contributed by atoms with Crippen LogP contribution in [0.25, 0.3) is 0 Å². The minimum Gasteiger partial charge on any atom is -0.454 e. The van der Waals surface area contributed by atoms with Crippen LogP contribution in [-0.4, -0.2) is 17.6 Å². The third-order valence-corrected chi connectivity index (χ3v) is 2.46. The van der Waals surface area contributed by atoms with Crippen molar-refractivity contribution in [2.75, 3.05) is 0 Å². The normalized spacial score (nSPS) is 12.9. The van der Waals surface area contributed by atoms with E-state index in [9.17, 15) is 4.79 Å². The predicted octanol–water partition coefficient (Wildman–Crippen LogP) is 2.06. The first-order valence-electron chi connectivity index (χ1n) is 5.60. The molecule has 0 saturated heterocycles. The summed E-state index contributed by atoms with van der Waals surface area (Å²) in [6, 6.07) is 8.99. The highest BCUT2D eigenvalue weighted by molar-refractivity contribution is 5.76. The molecule has 0 saturated carbocycles. The lowest BCUT2D eigenvalue weighted by molar-refractivity contribution is -0.154. The molecule has 0 amide bonds. The fraction of sp³-hybridized carbons (Fsp3) is 0.357. The maximum atomic E-state index is 11.7. The van der Waals surface area contributed by atoms with E-state index in [0.29, 0.717) is 6.42 Å². The van der Waals surface area contributed by atoms with Crippen LogP contribution in [0.5, 0.6) is 0 Å². The molecule has 1 atom stereocenters.